The highest BCUT2D eigenvalue weighted by atomic mass is 16.6. The van der Waals surface area contributed by atoms with E-state index in [9.17, 15) is 14.9 Å². The van der Waals surface area contributed by atoms with E-state index in [1.54, 1.807) is 12.1 Å². The molecule has 0 aliphatic rings. The number of carbonyl (C=O) groups excluding carboxylic acids is 1. The van der Waals surface area contributed by atoms with Crippen molar-refractivity contribution in [3.63, 3.8) is 0 Å². The molecule has 0 fully saturated rings. The van der Waals surface area contributed by atoms with Gasteiger partial charge in [-0.05, 0) is 24.3 Å². The predicted octanol–water partition coefficient (Wildman–Crippen LogP) is 2.25. The van der Waals surface area contributed by atoms with E-state index in [1.807, 2.05) is 0 Å². The Kier molecular flexibility index (Phi) is 5.25. The van der Waals surface area contributed by atoms with Crippen LogP contribution in [0.25, 0.3) is 6.08 Å². The lowest BCUT2D eigenvalue weighted by atomic mass is 10.4. The van der Waals surface area contributed by atoms with E-state index >= 15 is 0 Å². The molecular formula is C14H13N3O5. The molecule has 0 radical (unpaired) electrons. The first-order valence-corrected chi connectivity index (χ1v) is 6.38. The second-order valence-electron chi connectivity index (χ2n) is 4.10. The Labute approximate surface area is 125 Å². The van der Waals surface area contributed by atoms with Gasteiger partial charge in [-0.25, -0.2) is 9.78 Å². The highest BCUT2D eigenvalue weighted by Gasteiger charge is 2.04. The summed E-state index contributed by atoms with van der Waals surface area (Å²) >= 11 is 0. The number of hydrogen-bond acceptors (Lipinski definition) is 7. The van der Waals surface area contributed by atoms with Crippen LogP contribution in [0.2, 0.25) is 0 Å². The second kappa shape index (κ2) is 7.58. The van der Waals surface area contributed by atoms with Gasteiger partial charge in [0.25, 0.3) is 5.69 Å². The standard InChI is InChI=1S/C14H13N3O5/c18-14(6-4-12-2-1-8-21-12)22-9-7-15-13-5-3-11(10-16-13)17(19)20/h1-6,8,10H,7,9H2,(H,15,16)/b6-4+. The van der Waals surface area contributed by atoms with Gasteiger partial charge in [-0.15, -0.1) is 0 Å². The Morgan fingerprint density at radius 3 is 2.95 bits per heavy atom. The summed E-state index contributed by atoms with van der Waals surface area (Å²) in [6.07, 6.45) is 5.43. The number of furan rings is 1. The molecule has 0 saturated carbocycles. The molecular weight excluding hydrogens is 290 g/mol. The molecule has 0 amide bonds. The largest absolute Gasteiger partial charge is 0.465 e. The van der Waals surface area contributed by atoms with Crippen molar-refractivity contribution in [3.05, 3.63) is 58.7 Å². The minimum Gasteiger partial charge on any atom is -0.465 e. The van der Waals surface area contributed by atoms with Gasteiger partial charge < -0.3 is 14.5 Å². The molecule has 0 aliphatic carbocycles. The van der Waals surface area contributed by atoms with E-state index in [1.165, 1.54) is 30.5 Å². The van der Waals surface area contributed by atoms with Crippen LogP contribution in [-0.4, -0.2) is 29.0 Å². The first kappa shape index (κ1) is 15.2. The van der Waals surface area contributed by atoms with E-state index in [2.05, 4.69) is 10.3 Å². The van der Waals surface area contributed by atoms with Gasteiger partial charge in [-0.1, -0.05) is 0 Å². The van der Waals surface area contributed by atoms with Gasteiger partial charge in [0.2, 0.25) is 0 Å². The minimum atomic E-state index is -0.524. The number of anilines is 1. The van der Waals surface area contributed by atoms with Crippen LogP contribution in [0.1, 0.15) is 5.76 Å². The molecule has 8 nitrogen and oxygen atoms in total. The number of nitrogens with zero attached hydrogens (tertiary/aromatic N) is 2. The van der Waals surface area contributed by atoms with E-state index in [0.717, 1.165) is 6.20 Å². The van der Waals surface area contributed by atoms with Crippen LogP contribution in [0.3, 0.4) is 0 Å². The lowest BCUT2D eigenvalue weighted by molar-refractivity contribution is -0.385. The average molecular weight is 303 g/mol. The molecule has 0 bridgehead atoms. The Balaban J connectivity index is 1.68. The number of rotatable bonds is 7. The second-order valence-corrected chi connectivity index (χ2v) is 4.10. The number of nitro groups is 1. The molecule has 114 valence electrons. The molecule has 0 aromatic carbocycles. The first-order chi connectivity index (χ1) is 10.6. The van der Waals surface area contributed by atoms with Crippen molar-refractivity contribution in [1.82, 2.24) is 4.98 Å². The van der Waals surface area contributed by atoms with Crippen LogP contribution in [0.5, 0.6) is 0 Å². The van der Waals surface area contributed by atoms with Crippen LogP contribution in [0.15, 0.2) is 47.2 Å². The van der Waals surface area contributed by atoms with Crippen molar-refractivity contribution in [2.45, 2.75) is 0 Å². The van der Waals surface area contributed by atoms with Gasteiger partial charge in [-0.2, -0.15) is 0 Å². The zero-order valence-electron chi connectivity index (χ0n) is 11.5. The predicted molar refractivity (Wildman–Crippen MR) is 78.1 cm³/mol. The third-order valence-corrected chi connectivity index (χ3v) is 2.54. The fourth-order valence-corrected chi connectivity index (χ4v) is 1.51. The van der Waals surface area contributed by atoms with Crippen molar-refractivity contribution in [2.24, 2.45) is 0 Å². The number of nitrogens with one attached hydrogen (secondary N) is 1. The van der Waals surface area contributed by atoms with Gasteiger partial charge in [0.15, 0.2) is 0 Å². The first-order valence-electron chi connectivity index (χ1n) is 6.38. The Hall–Kier alpha value is -3.16. The number of carbonyl (C=O) groups is 1. The smallest absolute Gasteiger partial charge is 0.330 e. The third kappa shape index (κ3) is 4.75. The summed E-state index contributed by atoms with van der Waals surface area (Å²) in [6, 6.07) is 6.25. The molecule has 0 atom stereocenters. The lowest BCUT2D eigenvalue weighted by Gasteiger charge is -2.05. The SMILES string of the molecule is O=C(/C=C/c1ccco1)OCCNc1ccc([N+](=O)[O-])cn1. The zero-order chi connectivity index (χ0) is 15.8. The van der Waals surface area contributed by atoms with E-state index < -0.39 is 10.9 Å². The highest BCUT2D eigenvalue weighted by Crippen LogP contribution is 2.11. The van der Waals surface area contributed by atoms with Crippen molar-refractivity contribution in [3.8, 4) is 0 Å². The molecule has 0 aliphatic heterocycles. The lowest BCUT2D eigenvalue weighted by Crippen LogP contribution is -2.13. The molecule has 2 aromatic rings. The summed E-state index contributed by atoms with van der Waals surface area (Å²) in [5.74, 6) is 0.535. The van der Waals surface area contributed by atoms with Crippen molar-refractivity contribution >= 4 is 23.6 Å². The zero-order valence-corrected chi connectivity index (χ0v) is 11.5. The monoisotopic (exact) mass is 303 g/mol. The summed E-state index contributed by atoms with van der Waals surface area (Å²) in [5, 5.41) is 13.4. The van der Waals surface area contributed by atoms with Crippen LogP contribution in [0, 0.1) is 10.1 Å². The van der Waals surface area contributed by atoms with Gasteiger partial charge in [0.05, 0.1) is 17.7 Å². The maximum absolute atomic E-state index is 11.4. The summed E-state index contributed by atoms with van der Waals surface area (Å²) < 4.78 is 9.99. The van der Waals surface area contributed by atoms with E-state index in [4.69, 9.17) is 9.15 Å². The molecule has 8 heteroatoms. The summed E-state index contributed by atoms with van der Waals surface area (Å²) in [6.45, 7) is 0.477. The molecule has 2 heterocycles. The Bertz CT molecular complexity index is 650. The molecule has 0 saturated heterocycles. The van der Waals surface area contributed by atoms with Crippen molar-refractivity contribution in [1.29, 1.82) is 0 Å². The topological polar surface area (TPSA) is 108 Å². The Morgan fingerprint density at radius 1 is 1.45 bits per heavy atom. The van der Waals surface area contributed by atoms with E-state index in [0.29, 0.717) is 18.1 Å². The quantitative estimate of drug-likeness (QED) is 0.275. The number of aromatic nitrogens is 1. The number of hydrogen-bond donors (Lipinski definition) is 1. The number of ether oxygens (including phenoxy) is 1. The molecule has 0 spiro atoms. The van der Waals surface area contributed by atoms with E-state index in [-0.39, 0.29) is 12.3 Å². The maximum Gasteiger partial charge on any atom is 0.330 e. The normalized spacial score (nSPS) is 10.5. The number of esters is 1. The fourth-order valence-electron chi connectivity index (χ4n) is 1.51. The third-order valence-electron chi connectivity index (χ3n) is 2.54. The maximum atomic E-state index is 11.4. The molecule has 0 unspecified atom stereocenters. The van der Waals surface area contributed by atoms with Gasteiger partial charge in [0, 0.05) is 12.1 Å². The summed E-state index contributed by atoms with van der Waals surface area (Å²) in [4.78, 5) is 25.2. The van der Waals surface area contributed by atoms with Crippen LogP contribution >= 0.6 is 0 Å². The van der Waals surface area contributed by atoms with Crippen molar-refractivity contribution in [2.75, 3.05) is 18.5 Å². The van der Waals surface area contributed by atoms with Gasteiger partial charge in [0.1, 0.15) is 24.4 Å². The number of pyridine rings is 1. The van der Waals surface area contributed by atoms with Gasteiger partial charge >= 0.3 is 5.97 Å². The molecule has 22 heavy (non-hydrogen) atoms. The fraction of sp³-hybridized carbons (Fsp3) is 0.143. The summed E-state index contributed by atoms with van der Waals surface area (Å²) in [7, 11) is 0. The van der Waals surface area contributed by atoms with Crippen LogP contribution < -0.4 is 5.32 Å². The van der Waals surface area contributed by atoms with Gasteiger partial charge in [-0.3, -0.25) is 10.1 Å². The van der Waals surface area contributed by atoms with Crippen LogP contribution in [-0.2, 0) is 9.53 Å². The van der Waals surface area contributed by atoms with Crippen molar-refractivity contribution < 1.29 is 18.9 Å². The molecule has 2 rings (SSSR count). The van der Waals surface area contributed by atoms with Crippen LogP contribution in [0.4, 0.5) is 11.5 Å². The Morgan fingerprint density at radius 2 is 2.32 bits per heavy atom. The molecule has 2 aromatic heterocycles. The highest BCUT2D eigenvalue weighted by molar-refractivity contribution is 5.86. The summed E-state index contributed by atoms with van der Waals surface area (Å²) in [5.41, 5.74) is -0.0833. The minimum absolute atomic E-state index is 0.0833. The molecule has 1 N–H and O–H groups in total. The average Bonchev–Trinajstić information content (AvgIpc) is 3.03.